The molecule has 0 radical (unpaired) electrons. The van der Waals surface area contributed by atoms with Crippen LogP contribution in [0.3, 0.4) is 0 Å². The first-order chi connectivity index (χ1) is 6.25. The first kappa shape index (κ1) is 8.35. The van der Waals surface area contributed by atoms with Crippen LogP contribution < -0.4 is 11.5 Å². The van der Waals surface area contributed by atoms with E-state index >= 15 is 0 Å². The predicted octanol–water partition coefficient (Wildman–Crippen LogP) is 0.782. The SMILES string of the molecule is NC1=CCC(C2CN=C(N)C2)C=C1. The Morgan fingerprint density at radius 2 is 2.23 bits per heavy atom. The van der Waals surface area contributed by atoms with Gasteiger partial charge in [-0.05, 0) is 24.3 Å². The Bertz CT molecular complexity index is 289. The van der Waals surface area contributed by atoms with Crippen LogP contribution in [0, 0.1) is 11.8 Å². The van der Waals surface area contributed by atoms with E-state index in [9.17, 15) is 0 Å². The molecular weight excluding hydrogens is 162 g/mol. The van der Waals surface area contributed by atoms with Crippen molar-refractivity contribution in [3.05, 3.63) is 23.9 Å². The van der Waals surface area contributed by atoms with E-state index in [0.29, 0.717) is 11.8 Å². The quantitative estimate of drug-likeness (QED) is 0.621. The van der Waals surface area contributed by atoms with Crippen LogP contribution in [0.25, 0.3) is 0 Å². The zero-order chi connectivity index (χ0) is 9.26. The first-order valence-electron chi connectivity index (χ1n) is 4.68. The molecule has 0 saturated carbocycles. The van der Waals surface area contributed by atoms with E-state index in [4.69, 9.17) is 11.5 Å². The highest BCUT2D eigenvalue weighted by Gasteiger charge is 2.24. The summed E-state index contributed by atoms with van der Waals surface area (Å²) < 4.78 is 0. The molecule has 2 aliphatic rings. The average molecular weight is 177 g/mol. The lowest BCUT2D eigenvalue weighted by atomic mass is 9.85. The van der Waals surface area contributed by atoms with Gasteiger partial charge in [0.05, 0.1) is 5.84 Å². The van der Waals surface area contributed by atoms with E-state index in [0.717, 1.165) is 30.9 Å². The third-order valence-electron chi connectivity index (χ3n) is 2.77. The molecule has 3 heteroatoms. The highest BCUT2D eigenvalue weighted by atomic mass is 14.9. The molecule has 3 nitrogen and oxygen atoms in total. The topological polar surface area (TPSA) is 64.4 Å². The number of amidine groups is 1. The largest absolute Gasteiger partial charge is 0.399 e. The average Bonchev–Trinajstić information content (AvgIpc) is 2.53. The van der Waals surface area contributed by atoms with Gasteiger partial charge in [0, 0.05) is 18.7 Å². The standard InChI is InChI=1S/C10H15N3/c11-9-3-1-7(2-4-9)8-5-10(12)13-6-8/h1,3-4,7-8H,2,5-6,11H2,(H2,12,13). The van der Waals surface area contributed by atoms with Gasteiger partial charge in [0.1, 0.15) is 0 Å². The maximum atomic E-state index is 5.64. The van der Waals surface area contributed by atoms with E-state index in [-0.39, 0.29) is 0 Å². The molecule has 70 valence electrons. The molecule has 0 aromatic heterocycles. The highest BCUT2D eigenvalue weighted by Crippen LogP contribution is 2.28. The second-order valence-electron chi connectivity index (χ2n) is 3.76. The van der Waals surface area contributed by atoms with Crippen molar-refractivity contribution < 1.29 is 0 Å². The Labute approximate surface area is 78.2 Å². The van der Waals surface area contributed by atoms with Gasteiger partial charge in [0.25, 0.3) is 0 Å². The summed E-state index contributed by atoms with van der Waals surface area (Å²) in [5, 5.41) is 0. The second-order valence-corrected chi connectivity index (χ2v) is 3.76. The number of nitrogens with zero attached hydrogens (tertiary/aromatic N) is 1. The van der Waals surface area contributed by atoms with Crippen LogP contribution >= 0.6 is 0 Å². The normalized spacial score (nSPS) is 32.9. The molecule has 2 unspecified atom stereocenters. The summed E-state index contributed by atoms with van der Waals surface area (Å²) in [5.41, 5.74) is 12.2. The summed E-state index contributed by atoms with van der Waals surface area (Å²) in [6.07, 6.45) is 8.24. The third-order valence-corrected chi connectivity index (χ3v) is 2.77. The maximum Gasteiger partial charge on any atom is 0.0940 e. The zero-order valence-electron chi connectivity index (χ0n) is 7.61. The van der Waals surface area contributed by atoms with Crippen LogP contribution in [0.4, 0.5) is 0 Å². The molecule has 1 aliphatic carbocycles. The van der Waals surface area contributed by atoms with E-state index in [2.05, 4.69) is 17.1 Å². The van der Waals surface area contributed by atoms with Crippen molar-refractivity contribution in [2.75, 3.05) is 6.54 Å². The van der Waals surface area contributed by atoms with Crippen LogP contribution in [0.15, 0.2) is 28.9 Å². The van der Waals surface area contributed by atoms with Crippen molar-refractivity contribution in [2.45, 2.75) is 12.8 Å². The minimum Gasteiger partial charge on any atom is -0.399 e. The predicted molar refractivity (Wildman–Crippen MR) is 54.1 cm³/mol. The summed E-state index contributed by atoms with van der Waals surface area (Å²) in [4.78, 5) is 4.22. The zero-order valence-corrected chi connectivity index (χ0v) is 7.61. The number of allylic oxidation sites excluding steroid dienone is 3. The molecule has 1 aliphatic heterocycles. The molecule has 0 aromatic rings. The fourth-order valence-corrected chi connectivity index (χ4v) is 1.92. The molecule has 0 bridgehead atoms. The van der Waals surface area contributed by atoms with Gasteiger partial charge in [-0.3, -0.25) is 4.99 Å². The van der Waals surface area contributed by atoms with Crippen LogP contribution in [-0.2, 0) is 0 Å². The fourth-order valence-electron chi connectivity index (χ4n) is 1.92. The number of aliphatic imine (C=N–C) groups is 1. The first-order valence-corrected chi connectivity index (χ1v) is 4.68. The Hall–Kier alpha value is -1.25. The lowest BCUT2D eigenvalue weighted by molar-refractivity contribution is 0.434. The van der Waals surface area contributed by atoms with Crippen molar-refractivity contribution in [1.29, 1.82) is 0 Å². The maximum absolute atomic E-state index is 5.64. The molecule has 13 heavy (non-hydrogen) atoms. The Kier molecular flexibility index (Phi) is 2.08. The lowest BCUT2D eigenvalue weighted by Gasteiger charge is -2.20. The van der Waals surface area contributed by atoms with Gasteiger partial charge in [0.15, 0.2) is 0 Å². The summed E-state index contributed by atoms with van der Waals surface area (Å²) in [6, 6.07) is 0. The van der Waals surface area contributed by atoms with Crippen LogP contribution in [0.2, 0.25) is 0 Å². The Balaban J connectivity index is 1.95. The van der Waals surface area contributed by atoms with Crippen molar-refractivity contribution in [1.82, 2.24) is 0 Å². The number of rotatable bonds is 1. The van der Waals surface area contributed by atoms with Crippen molar-refractivity contribution >= 4 is 5.84 Å². The van der Waals surface area contributed by atoms with Gasteiger partial charge in [-0.2, -0.15) is 0 Å². The minimum absolute atomic E-state index is 0.581. The van der Waals surface area contributed by atoms with E-state index < -0.39 is 0 Å². The van der Waals surface area contributed by atoms with Crippen molar-refractivity contribution in [2.24, 2.45) is 28.3 Å². The number of hydrogen-bond donors (Lipinski definition) is 2. The third kappa shape index (κ3) is 1.74. The van der Waals surface area contributed by atoms with Gasteiger partial charge >= 0.3 is 0 Å². The van der Waals surface area contributed by atoms with Crippen LogP contribution in [-0.4, -0.2) is 12.4 Å². The van der Waals surface area contributed by atoms with Gasteiger partial charge in [-0.1, -0.05) is 12.2 Å². The molecule has 2 rings (SSSR count). The molecule has 4 N–H and O–H groups in total. The van der Waals surface area contributed by atoms with Gasteiger partial charge in [-0.25, -0.2) is 0 Å². The molecule has 0 amide bonds. The highest BCUT2D eigenvalue weighted by molar-refractivity contribution is 5.82. The fraction of sp³-hybridized carbons (Fsp3) is 0.500. The molecule has 2 atom stereocenters. The van der Waals surface area contributed by atoms with Crippen LogP contribution in [0.1, 0.15) is 12.8 Å². The molecule has 0 aromatic carbocycles. The molecule has 1 heterocycles. The minimum atomic E-state index is 0.581. The Morgan fingerprint density at radius 1 is 1.38 bits per heavy atom. The molecular formula is C10H15N3. The summed E-state index contributed by atoms with van der Waals surface area (Å²) in [7, 11) is 0. The molecule has 0 saturated heterocycles. The number of hydrogen-bond acceptors (Lipinski definition) is 3. The second kappa shape index (κ2) is 3.24. The van der Waals surface area contributed by atoms with Crippen LogP contribution in [0.5, 0.6) is 0 Å². The summed E-state index contributed by atoms with van der Waals surface area (Å²) in [6.45, 7) is 0.884. The van der Waals surface area contributed by atoms with Crippen molar-refractivity contribution in [3.63, 3.8) is 0 Å². The van der Waals surface area contributed by atoms with E-state index in [1.807, 2.05) is 6.08 Å². The molecule has 0 fully saturated rings. The van der Waals surface area contributed by atoms with E-state index in [1.54, 1.807) is 0 Å². The van der Waals surface area contributed by atoms with Crippen molar-refractivity contribution in [3.8, 4) is 0 Å². The lowest BCUT2D eigenvalue weighted by Crippen LogP contribution is -2.18. The monoisotopic (exact) mass is 177 g/mol. The van der Waals surface area contributed by atoms with Gasteiger partial charge in [-0.15, -0.1) is 0 Å². The summed E-state index contributed by atoms with van der Waals surface area (Å²) >= 11 is 0. The number of nitrogens with two attached hydrogens (primary N) is 2. The summed E-state index contributed by atoms with van der Waals surface area (Å²) in [5.74, 6) is 1.98. The van der Waals surface area contributed by atoms with Gasteiger partial charge in [0.2, 0.25) is 0 Å². The van der Waals surface area contributed by atoms with E-state index in [1.165, 1.54) is 0 Å². The Morgan fingerprint density at radius 3 is 2.77 bits per heavy atom. The smallest absolute Gasteiger partial charge is 0.0940 e. The van der Waals surface area contributed by atoms with Gasteiger partial charge < -0.3 is 11.5 Å². The molecule has 0 spiro atoms.